The molecule has 0 heterocycles. The Labute approximate surface area is 219 Å². The van der Waals surface area contributed by atoms with Gasteiger partial charge in [0, 0.05) is 12.1 Å². The van der Waals surface area contributed by atoms with Crippen LogP contribution < -0.4 is 16.0 Å². The summed E-state index contributed by atoms with van der Waals surface area (Å²) in [6.45, 7) is 12.6. The number of anilines is 1. The summed E-state index contributed by atoms with van der Waals surface area (Å²) in [5.41, 5.74) is 0.783. The van der Waals surface area contributed by atoms with Crippen molar-refractivity contribution in [3.63, 3.8) is 0 Å². The maximum Gasteiger partial charge on any atom is 0.311 e. The quantitative estimate of drug-likeness (QED) is 0.234. The lowest BCUT2D eigenvalue weighted by atomic mass is 9.97. The third-order valence-electron chi connectivity index (χ3n) is 5.19. The zero-order valence-corrected chi connectivity index (χ0v) is 23.0. The highest BCUT2D eigenvalue weighted by atomic mass is 32.2. The molecule has 0 aliphatic carbocycles. The van der Waals surface area contributed by atoms with Gasteiger partial charge in [0.1, 0.15) is 12.6 Å². The van der Waals surface area contributed by atoms with Crippen LogP contribution in [0.15, 0.2) is 36.3 Å². The van der Waals surface area contributed by atoms with E-state index in [1.54, 1.807) is 56.8 Å². The molecule has 0 spiro atoms. The van der Waals surface area contributed by atoms with Crippen molar-refractivity contribution in [1.82, 2.24) is 10.6 Å². The molecular formula is C27H41N3O5S. The Balaban J connectivity index is 2.44. The lowest BCUT2D eigenvalue weighted by Gasteiger charge is -2.21. The summed E-state index contributed by atoms with van der Waals surface area (Å²) in [4.78, 5) is 49.1. The van der Waals surface area contributed by atoms with Gasteiger partial charge in [-0.2, -0.15) is 0 Å². The Kier molecular flexibility index (Phi) is 13.9. The van der Waals surface area contributed by atoms with Crippen LogP contribution in [0.4, 0.5) is 5.69 Å². The molecule has 0 aliphatic rings. The number of amides is 3. The predicted molar refractivity (Wildman–Crippen MR) is 145 cm³/mol. The molecule has 0 bridgehead atoms. The number of hydrogen-bond donors (Lipinski definition) is 3. The maximum atomic E-state index is 12.6. The van der Waals surface area contributed by atoms with Gasteiger partial charge < -0.3 is 20.7 Å². The van der Waals surface area contributed by atoms with Gasteiger partial charge in [-0.25, -0.2) is 0 Å². The van der Waals surface area contributed by atoms with Gasteiger partial charge in [0.25, 0.3) is 0 Å². The number of esters is 1. The number of carbonyl (C=O) groups excluding carboxylic acids is 4. The molecule has 9 heteroatoms. The summed E-state index contributed by atoms with van der Waals surface area (Å²) >= 11 is 1.66. The zero-order valence-electron chi connectivity index (χ0n) is 22.1. The molecule has 0 saturated carbocycles. The predicted octanol–water partition coefficient (Wildman–Crippen LogP) is 4.41. The van der Waals surface area contributed by atoms with E-state index in [2.05, 4.69) is 22.5 Å². The van der Waals surface area contributed by atoms with Gasteiger partial charge in [-0.1, -0.05) is 39.0 Å². The van der Waals surface area contributed by atoms with Gasteiger partial charge in [0.05, 0.1) is 12.0 Å². The van der Waals surface area contributed by atoms with Crippen LogP contribution in [-0.2, 0) is 30.5 Å². The summed E-state index contributed by atoms with van der Waals surface area (Å²) < 4.78 is 5.28. The van der Waals surface area contributed by atoms with Crippen molar-refractivity contribution in [2.24, 2.45) is 11.3 Å². The fraction of sp³-hybridized carbons (Fsp3) is 0.556. The average Bonchev–Trinajstić information content (AvgIpc) is 2.81. The lowest BCUT2D eigenvalue weighted by molar-refractivity contribution is -0.154. The van der Waals surface area contributed by atoms with E-state index < -0.39 is 17.4 Å². The molecule has 1 aromatic carbocycles. The number of rotatable bonds is 15. The second-order valence-electron chi connectivity index (χ2n) is 9.93. The van der Waals surface area contributed by atoms with Gasteiger partial charge in [-0.3, -0.25) is 19.2 Å². The summed E-state index contributed by atoms with van der Waals surface area (Å²) in [6, 6.07) is 6.21. The Morgan fingerprint density at radius 3 is 2.28 bits per heavy atom. The first-order valence-corrected chi connectivity index (χ1v) is 13.3. The van der Waals surface area contributed by atoms with E-state index in [9.17, 15) is 19.2 Å². The molecule has 0 radical (unpaired) electrons. The first-order chi connectivity index (χ1) is 16.9. The molecule has 200 valence electrons. The molecule has 3 N–H and O–H groups in total. The Hall–Kier alpha value is -2.81. The van der Waals surface area contributed by atoms with Crippen LogP contribution in [0.1, 0.15) is 65.9 Å². The molecule has 0 saturated heterocycles. The molecule has 1 rings (SSSR count). The van der Waals surface area contributed by atoms with Crippen molar-refractivity contribution in [3.8, 4) is 0 Å². The van der Waals surface area contributed by atoms with E-state index in [4.69, 9.17) is 4.74 Å². The van der Waals surface area contributed by atoms with Crippen LogP contribution in [0.25, 0.3) is 0 Å². The lowest BCUT2D eigenvalue weighted by Crippen LogP contribution is -2.51. The first kappa shape index (κ1) is 31.2. The van der Waals surface area contributed by atoms with Crippen molar-refractivity contribution in [3.05, 3.63) is 41.8 Å². The molecule has 8 nitrogen and oxygen atoms in total. The molecule has 1 unspecified atom stereocenters. The Morgan fingerprint density at radius 2 is 1.69 bits per heavy atom. The van der Waals surface area contributed by atoms with Crippen LogP contribution >= 0.6 is 11.8 Å². The second-order valence-corrected chi connectivity index (χ2v) is 11.0. The molecule has 0 aliphatic heterocycles. The fourth-order valence-electron chi connectivity index (χ4n) is 3.04. The van der Waals surface area contributed by atoms with Crippen molar-refractivity contribution >= 4 is 41.1 Å². The standard InChI is InChI=1S/C27H41N3O5S/c1-7-36-16-10-8-9-11-22(31)30-24(19(2)3)25(33)28-17-23(32)29-21-14-12-20(13-15-21)18-35-26(34)27(4,5)6/h7,12-15,19,24H,1,8-11,16-18H2,2-6H3,(H,28,33)(H,29,32)(H,30,31). The first-order valence-electron chi connectivity index (χ1n) is 12.3. The summed E-state index contributed by atoms with van der Waals surface area (Å²) in [5.74, 6) is -0.376. The summed E-state index contributed by atoms with van der Waals surface area (Å²) in [6.07, 6.45) is 3.08. The topological polar surface area (TPSA) is 114 Å². The summed E-state index contributed by atoms with van der Waals surface area (Å²) in [5, 5.41) is 9.91. The highest BCUT2D eigenvalue weighted by Gasteiger charge is 2.24. The minimum absolute atomic E-state index is 0.124. The van der Waals surface area contributed by atoms with E-state index in [0.717, 1.165) is 30.6 Å². The number of carbonyl (C=O) groups is 4. The van der Waals surface area contributed by atoms with E-state index in [-0.39, 0.29) is 36.9 Å². The van der Waals surface area contributed by atoms with Crippen LogP contribution in [0.5, 0.6) is 0 Å². The fourth-order valence-corrected chi connectivity index (χ4v) is 3.58. The van der Waals surface area contributed by atoms with E-state index in [0.29, 0.717) is 12.1 Å². The number of thioether (sulfide) groups is 1. The van der Waals surface area contributed by atoms with Crippen LogP contribution in [0, 0.1) is 11.3 Å². The van der Waals surface area contributed by atoms with Crippen molar-refractivity contribution in [2.45, 2.75) is 73.0 Å². The molecule has 0 aromatic heterocycles. The smallest absolute Gasteiger partial charge is 0.311 e. The Morgan fingerprint density at radius 1 is 1.03 bits per heavy atom. The average molecular weight is 520 g/mol. The van der Waals surface area contributed by atoms with Gasteiger partial charge in [-0.05, 0) is 68.4 Å². The van der Waals surface area contributed by atoms with Gasteiger partial charge in [-0.15, -0.1) is 11.8 Å². The third kappa shape index (κ3) is 12.8. The van der Waals surface area contributed by atoms with E-state index in [1.165, 1.54) is 0 Å². The summed E-state index contributed by atoms with van der Waals surface area (Å²) in [7, 11) is 0. The molecular weight excluding hydrogens is 478 g/mol. The SMILES string of the molecule is C=CSCCCCCC(=O)NC(C(=O)NCC(=O)Nc1ccc(COC(=O)C(C)(C)C)cc1)C(C)C. The van der Waals surface area contributed by atoms with Crippen molar-refractivity contribution in [2.75, 3.05) is 17.6 Å². The van der Waals surface area contributed by atoms with Crippen LogP contribution in [-0.4, -0.2) is 42.0 Å². The minimum atomic E-state index is -0.711. The number of ether oxygens (including phenoxy) is 1. The normalized spacial score (nSPS) is 11.9. The molecule has 1 aromatic rings. The monoisotopic (exact) mass is 519 g/mol. The second kappa shape index (κ2) is 16.0. The van der Waals surface area contributed by atoms with Gasteiger partial charge in [0.15, 0.2) is 0 Å². The molecule has 0 fully saturated rings. The third-order valence-corrected chi connectivity index (χ3v) is 5.95. The Bertz CT molecular complexity index is 878. The highest BCUT2D eigenvalue weighted by Crippen LogP contribution is 2.17. The number of hydrogen-bond acceptors (Lipinski definition) is 6. The van der Waals surface area contributed by atoms with Crippen molar-refractivity contribution < 1.29 is 23.9 Å². The largest absolute Gasteiger partial charge is 0.460 e. The zero-order chi connectivity index (χ0) is 27.1. The molecule has 1 atom stereocenters. The number of unbranched alkanes of at least 4 members (excludes halogenated alkanes) is 2. The van der Waals surface area contributed by atoms with Gasteiger partial charge in [0.2, 0.25) is 17.7 Å². The molecule has 3 amide bonds. The number of nitrogens with one attached hydrogen (secondary N) is 3. The highest BCUT2D eigenvalue weighted by molar-refractivity contribution is 8.02. The van der Waals surface area contributed by atoms with Gasteiger partial charge >= 0.3 is 5.97 Å². The van der Waals surface area contributed by atoms with Crippen molar-refractivity contribution in [1.29, 1.82) is 0 Å². The van der Waals surface area contributed by atoms with Crippen LogP contribution in [0.3, 0.4) is 0 Å². The van der Waals surface area contributed by atoms with E-state index in [1.807, 2.05) is 19.3 Å². The minimum Gasteiger partial charge on any atom is -0.460 e. The van der Waals surface area contributed by atoms with E-state index >= 15 is 0 Å². The maximum absolute atomic E-state index is 12.6. The molecule has 36 heavy (non-hydrogen) atoms. The van der Waals surface area contributed by atoms with Crippen LogP contribution in [0.2, 0.25) is 0 Å². The number of benzene rings is 1.